The summed E-state index contributed by atoms with van der Waals surface area (Å²) in [4.78, 5) is 16.6. The van der Waals surface area contributed by atoms with Crippen molar-refractivity contribution in [2.75, 3.05) is 4.31 Å². The van der Waals surface area contributed by atoms with Crippen LogP contribution >= 0.6 is 11.3 Å². The Bertz CT molecular complexity index is 1080. The van der Waals surface area contributed by atoms with E-state index < -0.39 is 16.8 Å². The Morgan fingerprint density at radius 2 is 1.73 bits per heavy atom. The first-order chi connectivity index (χ1) is 17.5. The fourth-order valence-electron chi connectivity index (χ4n) is 5.45. The molecule has 0 radical (unpaired) electrons. The molecule has 0 aliphatic heterocycles. The van der Waals surface area contributed by atoms with Crippen LogP contribution in [0.5, 0.6) is 0 Å². The highest BCUT2D eigenvalue weighted by Crippen LogP contribution is 2.43. The fourth-order valence-corrected chi connectivity index (χ4v) is 7.95. The van der Waals surface area contributed by atoms with Gasteiger partial charge in [-0.2, -0.15) is 0 Å². The summed E-state index contributed by atoms with van der Waals surface area (Å²) >= 11 is -0.514. The Hall–Kier alpha value is -1.70. The van der Waals surface area contributed by atoms with Crippen LogP contribution in [0.4, 0.5) is 5.00 Å². The van der Waals surface area contributed by atoms with Gasteiger partial charge >= 0.3 is 0 Å². The van der Waals surface area contributed by atoms with Crippen molar-refractivity contribution in [2.45, 2.75) is 111 Å². The molecule has 2 fully saturated rings. The van der Waals surface area contributed by atoms with Crippen LogP contribution in [0.3, 0.4) is 0 Å². The minimum absolute atomic E-state index is 0.322. The van der Waals surface area contributed by atoms with Crippen LogP contribution in [0, 0.1) is 11.8 Å². The van der Waals surface area contributed by atoms with Crippen molar-refractivity contribution in [2.24, 2.45) is 11.8 Å². The van der Waals surface area contributed by atoms with Gasteiger partial charge in [-0.25, -0.2) is 4.21 Å². The molecule has 204 valence electrons. The molecular formula is C30H44N2O3S2. The fraction of sp³-hybridized carbons (Fsp3) is 0.633. The zero-order valence-electron chi connectivity index (χ0n) is 23.2. The van der Waals surface area contributed by atoms with E-state index in [1.807, 2.05) is 20.8 Å². The van der Waals surface area contributed by atoms with Gasteiger partial charge in [-0.3, -0.25) is 13.7 Å². The quantitative estimate of drug-likeness (QED) is 0.310. The van der Waals surface area contributed by atoms with E-state index in [9.17, 15) is 13.6 Å². The molecule has 1 atom stereocenters. The van der Waals surface area contributed by atoms with Crippen molar-refractivity contribution in [1.82, 2.24) is 4.90 Å². The van der Waals surface area contributed by atoms with Crippen LogP contribution < -0.4 is 4.31 Å². The van der Waals surface area contributed by atoms with Gasteiger partial charge in [0.05, 0.1) is 0 Å². The van der Waals surface area contributed by atoms with E-state index in [-0.39, 0.29) is 0 Å². The summed E-state index contributed by atoms with van der Waals surface area (Å²) in [7, 11) is 0. The van der Waals surface area contributed by atoms with Crippen molar-refractivity contribution in [3.63, 3.8) is 0 Å². The second kappa shape index (κ2) is 12.0. The van der Waals surface area contributed by atoms with Crippen LogP contribution in [0.25, 0.3) is 11.1 Å². The first kappa shape index (κ1) is 28.3. The number of benzene rings is 1. The van der Waals surface area contributed by atoms with Crippen LogP contribution in [-0.2, 0) is 29.0 Å². The SMILES string of the molecule is CC(C)Cc1cc(-c2ccc(CN(C(=O)CC3CCCCC3)C3CC3)cc2)c(N(S(=O)O)C(C)(C)C)s1. The summed E-state index contributed by atoms with van der Waals surface area (Å²) in [5.74, 6) is 1.39. The smallest absolute Gasteiger partial charge is 0.263 e. The standard InChI is InChI=1S/C30H44N2O3S2/c1-21(2)17-26-19-27(29(36-26)32(37(34)35)30(3,4)5)24-13-11-23(12-14-24)20-31(25-15-16-25)28(33)18-22-9-7-6-8-10-22/h11-14,19,21-22,25H,6-10,15-18,20H2,1-5H3,(H,34,35). The van der Waals surface area contributed by atoms with Gasteiger partial charge in [0.25, 0.3) is 11.3 Å². The number of rotatable bonds is 10. The zero-order valence-corrected chi connectivity index (χ0v) is 24.8. The maximum atomic E-state index is 13.2. The third-order valence-corrected chi connectivity index (χ3v) is 9.74. The van der Waals surface area contributed by atoms with Crippen LogP contribution in [0.1, 0.15) is 96.4 Å². The van der Waals surface area contributed by atoms with Gasteiger partial charge in [0.15, 0.2) is 0 Å². The molecule has 0 spiro atoms. The van der Waals surface area contributed by atoms with E-state index in [2.05, 4.69) is 49.1 Å². The Labute approximate surface area is 230 Å². The van der Waals surface area contributed by atoms with Crippen molar-refractivity contribution in [1.29, 1.82) is 0 Å². The molecule has 1 heterocycles. The van der Waals surface area contributed by atoms with Crippen molar-refractivity contribution in [3.05, 3.63) is 40.8 Å². The molecule has 1 N–H and O–H groups in total. The summed E-state index contributed by atoms with van der Waals surface area (Å²) < 4.78 is 24.2. The van der Waals surface area contributed by atoms with E-state index in [0.717, 1.165) is 41.0 Å². The number of carbonyl (C=O) groups is 1. The van der Waals surface area contributed by atoms with Crippen LogP contribution in [0.15, 0.2) is 30.3 Å². The van der Waals surface area contributed by atoms with Gasteiger partial charge in [0, 0.05) is 35.0 Å². The third kappa shape index (κ3) is 7.45. The van der Waals surface area contributed by atoms with E-state index in [1.54, 1.807) is 15.6 Å². The maximum Gasteiger partial charge on any atom is 0.263 e. The zero-order chi connectivity index (χ0) is 26.7. The number of nitrogens with zero attached hydrogens (tertiary/aromatic N) is 2. The number of hydrogen-bond donors (Lipinski definition) is 1. The summed E-state index contributed by atoms with van der Waals surface area (Å²) in [6.45, 7) is 11.0. The predicted octanol–water partition coefficient (Wildman–Crippen LogP) is 7.82. The summed E-state index contributed by atoms with van der Waals surface area (Å²) in [6.07, 6.45) is 10.1. The van der Waals surface area contributed by atoms with Crippen LogP contribution in [-0.4, -0.2) is 31.1 Å². The summed E-state index contributed by atoms with van der Waals surface area (Å²) in [5, 5.41) is 0.832. The molecule has 1 aromatic heterocycles. The molecule has 2 saturated carbocycles. The molecule has 1 unspecified atom stereocenters. The minimum atomic E-state index is -2.13. The average molecular weight is 545 g/mol. The molecule has 2 aliphatic carbocycles. The number of amides is 1. The first-order valence-corrected chi connectivity index (χ1v) is 15.8. The highest BCUT2D eigenvalue weighted by atomic mass is 32.2. The van der Waals surface area contributed by atoms with Gasteiger partial charge in [-0.1, -0.05) is 57.4 Å². The molecule has 37 heavy (non-hydrogen) atoms. The average Bonchev–Trinajstić information content (AvgIpc) is 3.58. The van der Waals surface area contributed by atoms with E-state index in [4.69, 9.17) is 0 Å². The van der Waals surface area contributed by atoms with Crippen molar-refractivity contribution in [3.8, 4) is 11.1 Å². The Balaban J connectivity index is 1.55. The lowest BCUT2D eigenvalue weighted by Gasteiger charge is -2.33. The van der Waals surface area contributed by atoms with Crippen LogP contribution in [0.2, 0.25) is 0 Å². The molecule has 1 amide bonds. The van der Waals surface area contributed by atoms with Gasteiger partial charge in [0.2, 0.25) is 5.91 Å². The summed E-state index contributed by atoms with van der Waals surface area (Å²) in [6, 6.07) is 11.1. The molecule has 4 rings (SSSR count). The summed E-state index contributed by atoms with van der Waals surface area (Å²) in [5.41, 5.74) is 2.68. The number of carbonyl (C=O) groups excluding carboxylic acids is 1. The number of anilines is 1. The van der Waals surface area contributed by atoms with Crippen molar-refractivity contribution >= 4 is 33.5 Å². The topological polar surface area (TPSA) is 60.9 Å². The largest absolute Gasteiger partial charge is 0.335 e. The molecule has 5 nitrogen and oxygen atoms in total. The molecule has 7 heteroatoms. The Morgan fingerprint density at radius 1 is 1.08 bits per heavy atom. The second-order valence-corrected chi connectivity index (χ2v) is 14.3. The highest BCUT2D eigenvalue weighted by Gasteiger charge is 2.34. The lowest BCUT2D eigenvalue weighted by molar-refractivity contribution is -0.133. The van der Waals surface area contributed by atoms with E-state index >= 15 is 0 Å². The van der Waals surface area contributed by atoms with Crippen molar-refractivity contribution < 1.29 is 13.6 Å². The molecular weight excluding hydrogens is 500 g/mol. The lowest BCUT2D eigenvalue weighted by atomic mass is 9.86. The number of thiophene rings is 1. The number of hydrogen-bond acceptors (Lipinski definition) is 3. The highest BCUT2D eigenvalue weighted by molar-refractivity contribution is 7.81. The lowest BCUT2D eigenvalue weighted by Crippen LogP contribution is -2.42. The van der Waals surface area contributed by atoms with Gasteiger partial charge in [-0.05, 0) is 81.9 Å². The third-order valence-electron chi connectivity index (χ3n) is 7.44. The maximum absolute atomic E-state index is 13.2. The molecule has 2 aliphatic rings. The second-order valence-electron chi connectivity index (χ2n) is 12.4. The minimum Gasteiger partial charge on any atom is -0.335 e. The Morgan fingerprint density at radius 3 is 2.27 bits per heavy atom. The van der Waals surface area contributed by atoms with E-state index in [0.29, 0.717) is 36.8 Å². The normalized spacial score (nSPS) is 17.7. The first-order valence-electron chi connectivity index (χ1n) is 14.0. The Kier molecular flexibility index (Phi) is 9.18. The predicted molar refractivity (Wildman–Crippen MR) is 156 cm³/mol. The monoisotopic (exact) mass is 544 g/mol. The molecule has 1 aromatic carbocycles. The molecule has 0 bridgehead atoms. The van der Waals surface area contributed by atoms with E-state index in [1.165, 1.54) is 37.0 Å². The van der Waals surface area contributed by atoms with Gasteiger partial charge in [0.1, 0.15) is 5.00 Å². The van der Waals surface area contributed by atoms with Gasteiger partial charge in [-0.15, -0.1) is 11.3 Å². The molecule has 2 aromatic rings. The van der Waals surface area contributed by atoms with Gasteiger partial charge < -0.3 is 4.90 Å². The molecule has 0 saturated heterocycles.